The van der Waals surface area contributed by atoms with Gasteiger partial charge in [0.25, 0.3) is 0 Å². The number of rotatable bonds is 2. The number of nitrogens with one attached hydrogen (secondary N) is 1. The van der Waals surface area contributed by atoms with Gasteiger partial charge in [-0.2, -0.15) is 0 Å². The fourth-order valence-electron chi connectivity index (χ4n) is 3.95. The average molecular weight is 238 g/mol. The molecule has 98 valence electrons. The van der Waals surface area contributed by atoms with E-state index >= 15 is 0 Å². The Morgan fingerprint density at radius 1 is 1.12 bits per heavy atom. The molecule has 3 atom stereocenters. The zero-order valence-corrected chi connectivity index (χ0v) is 10.9. The smallest absolute Gasteiger partial charge is 0.0826 e. The van der Waals surface area contributed by atoms with Crippen molar-refractivity contribution in [3.05, 3.63) is 0 Å². The highest BCUT2D eigenvalue weighted by Crippen LogP contribution is 2.35. The number of fused-ring (bicyclic) bond motifs is 1. The van der Waals surface area contributed by atoms with Crippen LogP contribution < -0.4 is 5.32 Å². The van der Waals surface area contributed by atoms with Crippen molar-refractivity contribution >= 4 is 0 Å². The van der Waals surface area contributed by atoms with E-state index in [1.54, 1.807) is 0 Å². The minimum absolute atomic E-state index is 0.435. The lowest BCUT2D eigenvalue weighted by Gasteiger charge is -2.45. The predicted octanol–water partition coefficient (Wildman–Crippen LogP) is 1.63. The molecule has 2 aliphatic heterocycles. The lowest BCUT2D eigenvalue weighted by atomic mass is 9.78. The summed E-state index contributed by atoms with van der Waals surface area (Å²) in [6, 6.07) is 0.878. The van der Waals surface area contributed by atoms with Crippen molar-refractivity contribution in [1.82, 2.24) is 10.2 Å². The van der Waals surface area contributed by atoms with Gasteiger partial charge in [0.1, 0.15) is 0 Å². The Hall–Kier alpha value is -0.120. The van der Waals surface area contributed by atoms with Crippen LogP contribution >= 0.6 is 0 Å². The van der Waals surface area contributed by atoms with Gasteiger partial charge in [-0.3, -0.25) is 4.90 Å². The second kappa shape index (κ2) is 5.68. The molecule has 17 heavy (non-hydrogen) atoms. The number of likely N-dealkylation sites (tertiary alicyclic amines) is 1. The number of nitrogens with zero attached hydrogens (tertiary/aromatic N) is 1. The third-order valence-corrected chi connectivity index (χ3v) is 4.80. The van der Waals surface area contributed by atoms with E-state index in [0.29, 0.717) is 6.10 Å². The van der Waals surface area contributed by atoms with Gasteiger partial charge in [-0.05, 0) is 38.1 Å². The summed E-state index contributed by atoms with van der Waals surface area (Å²) in [7, 11) is 0. The van der Waals surface area contributed by atoms with Crippen LogP contribution in [0.1, 0.15) is 38.5 Å². The lowest BCUT2D eigenvalue weighted by Crippen LogP contribution is -2.52. The van der Waals surface area contributed by atoms with E-state index < -0.39 is 0 Å². The molecule has 3 heteroatoms. The molecule has 0 aromatic heterocycles. The van der Waals surface area contributed by atoms with E-state index in [4.69, 9.17) is 4.74 Å². The molecule has 3 fully saturated rings. The normalized spacial score (nSPS) is 39.9. The van der Waals surface area contributed by atoms with Gasteiger partial charge in [0.05, 0.1) is 12.7 Å². The SMILES string of the molecule is C1CCC2C(C1)CCCN2CC1CNCCO1. The van der Waals surface area contributed by atoms with Crippen molar-refractivity contribution in [1.29, 1.82) is 0 Å². The van der Waals surface area contributed by atoms with E-state index in [9.17, 15) is 0 Å². The van der Waals surface area contributed by atoms with Crippen molar-refractivity contribution < 1.29 is 4.74 Å². The van der Waals surface area contributed by atoms with Crippen LogP contribution in [0, 0.1) is 5.92 Å². The van der Waals surface area contributed by atoms with Crippen LogP contribution in [0.15, 0.2) is 0 Å². The van der Waals surface area contributed by atoms with E-state index in [0.717, 1.165) is 38.2 Å². The van der Waals surface area contributed by atoms with Gasteiger partial charge in [0.2, 0.25) is 0 Å². The average Bonchev–Trinajstić information content (AvgIpc) is 2.40. The molecule has 1 N–H and O–H groups in total. The zero-order chi connectivity index (χ0) is 11.5. The molecule has 0 bridgehead atoms. The van der Waals surface area contributed by atoms with Crippen molar-refractivity contribution in [2.24, 2.45) is 5.92 Å². The lowest BCUT2D eigenvalue weighted by molar-refractivity contribution is -0.0264. The van der Waals surface area contributed by atoms with Crippen molar-refractivity contribution in [3.8, 4) is 0 Å². The van der Waals surface area contributed by atoms with Crippen LogP contribution in [-0.2, 0) is 4.74 Å². The van der Waals surface area contributed by atoms with E-state index in [2.05, 4.69) is 10.2 Å². The molecule has 0 spiro atoms. The third kappa shape index (κ3) is 2.83. The van der Waals surface area contributed by atoms with Crippen LogP contribution in [0.3, 0.4) is 0 Å². The van der Waals surface area contributed by atoms with Gasteiger partial charge in [0.15, 0.2) is 0 Å². The van der Waals surface area contributed by atoms with Gasteiger partial charge < -0.3 is 10.1 Å². The Balaban J connectivity index is 1.56. The van der Waals surface area contributed by atoms with Gasteiger partial charge in [-0.25, -0.2) is 0 Å². The van der Waals surface area contributed by atoms with Crippen LogP contribution in [0.25, 0.3) is 0 Å². The quantitative estimate of drug-likeness (QED) is 0.791. The van der Waals surface area contributed by atoms with E-state index in [1.807, 2.05) is 0 Å². The molecular weight excluding hydrogens is 212 g/mol. The molecule has 1 aliphatic carbocycles. The minimum Gasteiger partial charge on any atom is -0.374 e. The van der Waals surface area contributed by atoms with Crippen molar-refractivity contribution in [3.63, 3.8) is 0 Å². The topological polar surface area (TPSA) is 24.5 Å². The predicted molar refractivity (Wildman–Crippen MR) is 69.2 cm³/mol. The first-order valence-electron chi connectivity index (χ1n) is 7.50. The standard InChI is InChI=1S/C14H26N2O/c1-2-6-14-12(4-1)5-3-8-16(14)11-13-10-15-7-9-17-13/h12-15H,1-11H2. The molecule has 2 saturated heterocycles. The highest BCUT2D eigenvalue weighted by atomic mass is 16.5. The summed E-state index contributed by atoms with van der Waals surface area (Å²) < 4.78 is 5.86. The molecule has 1 saturated carbocycles. The molecule has 3 unspecified atom stereocenters. The van der Waals surface area contributed by atoms with Crippen LogP contribution in [0.4, 0.5) is 0 Å². The first-order chi connectivity index (χ1) is 8.43. The summed E-state index contributed by atoms with van der Waals surface area (Å²) in [4.78, 5) is 2.74. The molecule has 0 aromatic rings. The molecule has 0 radical (unpaired) electrons. The Labute approximate surface area is 105 Å². The van der Waals surface area contributed by atoms with Gasteiger partial charge >= 0.3 is 0 Å². The summed E-state index contributed by atoms with van der Waals surface area (Å²) in [5.74, 6) is 0.994. The maximum atomic E-state index is 5.86. The zero-order valence-electron chi connectivity index (χ0n) is 10.9. The molecular formula is C14H26N2O. The minimum atomic E-state index is 0.435. The highest BCUT2D eigenvalue weighted by Gasteiger charge is 2.34. The Morgan fingerprint density at radius 2 is 2.00 bits per heavy atom. The summed E-state index contributed by atoms with van der Waals surface area (Å²) >= 11 is 0. The van der Waals surface area contributed by atoms with Crippen molar-refractivity contribution in [2.45, 2.75) is 50.7 Å². The molecule has 3 rings (SSSR count). The van der Waals surface area contributed by atoms with Gasteiger partial charge in [-0.15, -0.1) is 0 Å². The third-order valence-electron chi connectivity index (χ3n) is 4.80. The fraction of sp³-hybridized carbons (Fsp3) is 1.00. The molecule has 2 heterocycles. The van der Waals surface area contributed by atoms with Crippen molar-refractivity contribution in [2.75, 3.05) is 32.8 Å². The first-order valence-corrected chi connectivity index (χ1v) is 7.50. The number of hydrogen-bond acceptors (Lipinski definition) is 3. The second-order valence-electron chi connectivity index (χ2n) is 5.95. The van der Waals surface area contributed by atoms with Gasteiger partial charge in [-0.1, -0.05) is 12.8 Å². The maximum Gasteiger partial charge on any atom is 0.0826 e. The van der Waals surface area contributed by atoms with E-state index in [-0.39, 0.29) is 0 Å². The van der Waals surface area contributed by atoms with Crippen LogP contribution in [0.5, 0.6) is 0 Å². The highest BCUT2D eigenvalue weighted by molar-refractivity contribution is 4.88. The molecule has 0 amide bonds. The Bertz CT molecular complexity index is 238. The summed E-state index contributed by atoms with van der Waals surface area (Å²) in [6.07, 6.45) is 9.14. The fourth-order valence-corrected chi connectivity index (χ4v) is 3.95. The summed E-state index contributed by atoms with van der Waals surface area (Å²) in [5.41, 5.74) is 0. The molecule has 3 aliphatic rings. The van der Waals surface area contributed by atoms with Crippen LogP contribution in [0.2, 0.25) is 0 Å². The molecule has 3 nitrogen and oxygen atoms in total. The first kappa shape index (κ1) is 11.9. The van der Waals surface area contributed by atoms with Crippen LogP contribution in [-0.4, -0.2) is 49.8 Å². The van der Waals surface area contributed by atoms with E-state index in [1.165, 1.54) is 45.1 Å². The number of hydrogen-bond donors (Lipinski definition) is 1. The maximum absolute atomic E-state index is 5.86. The number of morpholine rings is 1. The largest absolute Gasteiger partial charge is 0.374 e. The monoisotopic (exact) mass is 238 g/mol. The van der Waals surface area contributed by atoms with Gasteiger partial charge in [0, 0.05) is 25.7 Å². The summed E-state index contributed by atoms with van der Waals surface area (Å²) in [6.45, 7) is 5.44. The molecule has 0 aromatic carbocycles. The Kier molecular flexibility index (Phi) is 3.99. The second-order valence-corrected chi connectivity index (χ2v) is 5.95. The number of piperidine rings is 1. The summed E-state index contributed by atoms with van der Waals surface area (Å²) in [5, 5.41) is 3.44. The Morgan fingerprint density at radius 3 is 2.88 bits per heavy atom. The number of ether oxygens (including phenoxy) is 1.